The molecule has 0 saturated heterocycles. The van der Waals surface area contributed by atoms with Crippen LogP contribution in [0.3, 0.4) is 0 Å². The van der Waals surface area contributed by atoms with Gasteiger partial charge in [-0.3, -0.25) is 0 Å². The van der Waals surface area contributed by atoms with Gasteiger partial charge in [0.1, 0.15) is 0 Å². The van der Waals surface area contributed by atoms with Gasteiger partial charge in [0.15, 0.2) is 0 Å². The summed E-state index contributed by atoms with van der Waals surface area (Å²) in [6.45, 7) is 5.88. The fourth-order valence-corrected chi connectivity index (χ4v) is 2.10. The highest BCUT2D eigenvalue weighted by Crippen LogP contribution is 2.26. The topological polar surface area (TPSA) is 35.2 Å². The highest BCUT2D eigenvalue weighted by atomic mass is 16.5. The summed E-state index contributed by atoms with van der Waals surface area (Å²) in [5.41, 5.74) is 8.54. The monoisotopic (exact) mass is 221 g/mol. The number of rotatable bonds is 6. The van der Waals surface area contributed by atoms with Gasteiger partial charge < -0.3 is 10.5 Å². The van der Waals surface area contributed by atoms with Gasteiger partial charge in [0.05, 0.1) is 0 Å². The summed E-state index contributed by atoms with van der Waals surface area (Å²) in [5, 5.41) is 0. The Hall–Kier alpha value is -0.860. The van der Waals surface area contributed by atoms with Gasteiger partial charge in [0.25, 0.3) is 0 Å². The Morgan fingerprint density at radius 1 is 1.38 bits per heavy atom. The fourth-order valence-electron chi connectivity index (χ4n) is 2.10. The maximum atomic E-state index is 5.89. The first kappa shape index (κ1) is 13.2. The maximum Gasteiger partial charge on any atom is 0.0465 e. The molecule has 2 atom stereocenters. The number of methoxy groups -OCH3 is 1. The predicted octanol–water partition coefficient (Wildman–Crippen LogP) is 2.71. The molecule has 1 aromatic carbocycles. The summed E-state index contributed by atoms with van der Waals surface area (Å²) < 4.78 is 5.13. The lowest BCUT2D eigenvalue weighted by Gasteiger charge is -2.23. The Kier molecular flexibility index (Phi) is 5.50. The first-order valence-corrected chi connectivity index (χ1v) is 5.94. The van der Waals surface area contributed by atoms with Crippen molar-refractivity contribution >= 4 is 0 Å². The van der Waals surface area contributed by atoms with E-state index in [1.54, 1.807) is 7.11 Å². The lowest BCUT2D eigenvalue weighted by molar-refractivity contribution is 0.174. The van der Waals surface area contributed by atoms with Crippen molar-refractivity contribution in [2.24, 2.45) is 11.7 Å². The van der Waals surface area contributed by atoms with E-state index in [4.69, 9.17) is 10.5 Å². The van der Waals surface area contributed by atoms with Gasteiger partial charge in [-0.05, 0) is 37.3 Å². The van der Waals surface area contributed by atoms with Crippen molar-refractivity contribution < 1.29 is 4.74 Å². The minimum absolute atomic E-state index is 0.440. The normalized spacial score (nSPS) is 14.8. The molecule has 0 bridgehead atoms. The largest absolute Gasteiger partial charge is 0.385 e. The molecule has 1 rings (SSSR count). The fraction of sp³-hybridized carbons (Fsp3) is 0.571. The molecule has 0 radical (unpaired) electrons. The molecule has 0 aromatic heterocycles. The molecule has 0 aliphatic carbocycles. The van der Waals surface area contributed by atoms with E-state index in [-0.39, 0.29) is 0 Å². The summed E-state index contributed by atoms with van der Waals surface area (Å²) in [6.07, 6.45) is 1.06. The third-order valence-corrected chi connectivity index (χ3v) is 3.19. The standard InChI is InChI=1S/C14H23NO/c1-11-5-4-6-13(9-11)14(10-15)12(2)7-8-16-3/h4-6,9,12,14H,7-8,10,15H2,1-3H3. The zero-order valence-electron chi connectivity index (χ0n) is 10.6. The number of aryl methyl sites for hydroxylation is 1. The second-order valence-corrected chi connectivity index (χ2v) is 4.52. The Labute approximate surface area is 98.8 Å². The zero-order chi connectivity index (χ0) is 12.0. The quantitative estimate of drug-likeness (QED) is 0.801. The molecule has 0 fully saturated rings. The highest BCUT2D eigenvalue weighted by molar-refractivity contribution is 5.26. The summed E-state index contributed by atoms with van der Waals surface area (Å²) in [5.74, 6) is 1.00. The van der Waals surface area contributed by atoms with E-state index in [1.165, 1.54) is 11.1 Å². The molecule has 1 aromatic rings. The Bertz CT molecular complexity index is 311. The molecule has 2 N–H and O–H groups in total. The van der Waals surface area contributed by atoms with E-state index in [0.29, 0.717) is 18.4 Å². The van der Waals surface area contributed by atoms with Crippen molar-refractivity contribution in [2.45, 2.75) is 26.2 Å². The molecule has 0 aliphatic heterocycles. The van der Waals surface area contributed by atoms with E-state index in [0.717, 1.165) is 13.0 Å². The van der Waals surface area contributed by atoms with Crippen molar-refractivity contribution in [3.63, 3.8) is 0 Å². The van der Waals surface area contributed by atoms with E-state index in [1.807, 2.05) is 0 Å². The van der Waals surface area contributed by atoms with Crippen molar-refractivity contribution in [1.82, 2.24) is 0 Å². The molecule has 90 valence electrons. The van der Waals surface area contributed by atoms with Crippen LogP contribution in [0.4, 0.5) is 0 Å². The van der Waals surface area contributed by atoms with Gasteiger partial charge in [-0.25, -0.2) is 0 Å². The van der Waals surface area contributed by atoms with Crippen molar-refractivity contribution in [2.75, 3.05) is 20.3 Å². The van der Waals surface area contributed by atoms with E-state index in [9.17, 15) is 0 Å². The molecular weight excluding hydrogens is 198 g/mol. The first-order chi connectivity index (χ1) is 7.69. The summed E-state index contributed by atoms with van der Waals surface area (Å²) in [6, 6.07) is 8.64. The van der Waals surface area contributed by atoms with Gasteiger partial charge in [-0.2, -0.15) is 0 Å². The van der Waals surface area contributed by atoms with Crippen LogP contribution in [-0.4, -0.2) is 20.3 Å². The molecule has 2 unspecified atom stereocenters. The molecule has 0 amide bonds. The molecule has 2 nitrogen and oxygen atoms in total. The third kappa shape index (κ3) is 3.62. The SMILES string of the molecule is COCCC(C)C(CN)c1cccc(C)c1. The Morgan fingerprint density at radius 3 is 2.69 bits per heavy atom. The number of hydrogen-bond acceptors (Lipinski definition) is 2. The van der Waals surface area contributed by atoms with Gasteiger partial charge in [0, 0.05) is 13.7 Å². The number of nitrogens with two attached hydrogens (primary N) is 1. The Morgan fingerprint density at radius 2 is 2.12 bits per heavy atom. The van der Waals surface area contributed by atoms with E-state index >= 15 is 0 Å². The molecular formula is C14H23NO. The second-order valence-electron chi connectivity index (χ2n) is 4.52. The van der Waals surface area contributed by atoms with Crippen molar-refractivity contribution in [1.29, 1.82) is 0 Å². The van der Waals surface area contributed by atoms with E-state index in [2.05, 4.69) is 38.1 Å². The molecule has 0 heterocycles. The average Bonchev–Trinajstić information content (AvgIpc) is 2.27. The van der Waals surface area contributed by atoms with Gasteiger partial charge in [-0.15, -0.1) is 0 Å². The van der Waals surface area contributed by atoms with Crippen LogP contribution >= 0.6 is 0 Å². The van der Waals surface area contributed by atoms with Crippen LogP contribution < -0.4 is 5.73 Å². The highest BCUT2D eigenvalue weighted by Gasteiger charge is 2.17. The van der Waals surface area contributed by atoms with Crippen LogP contribution in [0.15, 0.2) is 24.3 Å². The van der Waals surface area contributed by atoms with Crippen molar-refractivity contribution in [3.8, 4) is 0 Å². The number of ether oxygens (including phenoxy) is 1. The third-order valence-electron chi connectivity index (χ3n) is 3.19. The van der Waals surface area contributed by atoms with E-state index < -0.39 is 0 Å². The maximum absolute atomic E-state index is 5.89. The van der Waals surface area contributed by atoms with Crippen molar-refractivity contribution in [3.05, 3.63) is 35.4 Å². The number of hydrogen-bond donors (Lipinski definition) is 1. The average molecular weight is 221 g/mol. The van der Waals surface area contributed by atoms with Gasteiger partial charge in [-0.1, -0.05) is 36.8 Å². The smallest absolute Gasteiger partial charge is 0.0465 e. The molecule has 0 aliphatic rings. The van der Waals surface area contributed by atoms with Crippen LogP contribution in [0.5, 0.6) is 0 Å². The molecule has 2 heteroatoms. The van der Waals surface area contributed by atoms with Crippen LogP contribution in [-0.2, 0) is 4.74 Å². The first-order valence-electron chi connectivity index (χ1n) is 5.94. The lowest BCUT2D eigenvalue weighted by atomic mass is 9.85. The minimum atomic E-state index is 0.440. The number of benzene rings is 1. The van der Waals surface area contributed by atoms with Crippen LogP contribution in [0.2, 0.25) is 0 Å². The van der Waals surface area contributed by atoms with Gasteiger partial charge in [0.2, 0.25) is 0 Å². The van der Waals surface area contributed by atoms with Crippen LogP contribution in [0.1, 0.15) is 30.4 Å². The molecule has 0 spiro atoms. The second kappa shape index (κ2) is 6.66. The molecule has 16 heavy (non-hydrogen) atoms. The van der Waals surface area contributed by atoms with Crippen LogP contribution in [0.25, 0.3) is 0 Å². The molecule has 0 saturated carbocycles. The summed E-state index contributed by atoms with van der Waals surface area (Å²) >= 11 is 0. The predicted molar refractivity (Wildman–Crippen MR) is 68.6 cm³/mol. The van der Waals surface area contributed by atoms with Crippen LogP contribution in [0, 0.1) is 12.8 Å². The summed E-state index contributed by atoms with van der Waals surface area (Å²) in [7, 11) is 1.75. The zero-order valence-corrected chi connectivity index (χ0v) is 10.6. The van der Waals surface area contributed by atoms with Gasteiger partial charge >= 0.3 is 0 Å². The lowest BCUT2D eigenvalue weighted by Crippen LogP contribution is -2.20. The minimum Gasteiger partial charge on any atom is -0.385 e. The Balaban J connectivity index is 2.73. The summed E-state index contributed by atoms with van der Waals surface area (Å²) in [4.78, 5) is 0.